The highest BCUT2D eigenvalue weighted by molar-refractivity contribution is 9.10. The largest absolute Gasteiger partial charge is 0.488 e. The Morgan fingerprint density at radius 3 is 2.63 bits per heavy atom. The van der Waals surface area contributed by atoms with Gasteiger partial charge in [0.25, 0.3) is 0 Å². The molecule has 100 valence electrons. The number of hydrogen-bond donors (Lipinski definition) is 1. The van der Waals surface area contributed by atoms with Gasteiger partial charge in [-0.15, -0.1) is 0 Å². The number of aliphatic hydroxyl groups excluding tert-OH is 1. The number of benzene rings is 2. The van der Waals surface area contributed by atoms with E-state index in [0.29, 0.717) is 21.9 Å². The summed E-state index contributed by atoms with van der Waals surface area (Å²) in [7, 11) is 0. The molecule has 0 aliphatic carbocycles. The van der Waals surface area contributed by atoms with Crippen molar-refractivity contribution in [3.63, 3.8) is 0 Å². The first kappa shape index (κ1) is 14.3. The third-order valence-electron chi connectivity index (χ3n) is 2.59. The molecule has 0 aliphatic heterocycles. The second-order valence-corrected chi connectivity index (χ2v) is 5.26. The van der Waals surface area contributed by atoms with Gasteiger partial charge in [0, 0.05) is 15.6 Å². The molecule has 0 saturated heterocycles. The van der Waals surface area contributed by atoms with Gasteiger partial charge in [-0.3, -0.25) is 0 Å². The van der Waals surface area contributed by atoms with E-state index in [0.717, 1.165) is 4.47 Å². The average Bonchev–Trinajstić information content (AvgIpc) is 2.39. The van der Waals surface area contributed by atoms with Gasteiger partial charge in [0.2, 0.25) is 0 Å². The summed E-state index contributed by atoms with van der Waals surface area (Å²) in [6.07, 6.45) is 0. The summed E-state index contributed by atoms with van der Waals surface area (Å²) in [4.78, 5) is 0. The maximum absolute atomic E-state index is 12.9. The van der Waals surface area contributed by atoms with Crippen molar-refractivity contribution in [2.75, 3.05) is 0 Å². The fourth-order valence-electron chi connectivity index (χ4n) is 1.61. The van der Waals surface area contributed by atoms with Crippen molar-refractivity contribution in [2.24, 2.45) is 0 Å². The minimum Gasteiger partial charge on any atom is -0.488 e. The fourth-order valence-corrected chi connectivity index (χ4v) is 2.24. The van der Waals surface area contributed by atoms with Crippen molar-refractivity contribution in [1.82, 2.24) is 0 Å². The van der Waals surface area contributed by atoms with E-state index in [9.17, 15) is 9.50 Å². The molecule has 19 heavy (non-hydrogen) atoms. The third-order valence-corrected chi connectivity index (χ3v) is 3.44. The van der Waals surface area contributed by atoms with E-state index < -0.39 is 0 Å². The summed E-state index contributed by atoms with van der Waals surface area (Å²) < 4.78 is 19.4. The minimum atomic E-state index is -0.381. The predicted molar refractivity (Wildman–Crippen MR) is 75.8 cm³/mol. The third kappa shape index (κ3) is 3.69. The van der Waals surface area contributed by atoms with Crippen LogP contribution in [0.2, 0.25) is 5.02 Å². The average molecular weight is 346 g/mol. The molecule has 0 saturated carbocycles. The number of rotatable bonds is 4. The van der Waals surface area contributed by atoms with Gasteiger partial charge < -0.3 is 9.84 Å². The molecular formula is C14H11BrClFO2. The van der Waals surface area contributed by atoms with Gasteiger partial charge in [-0.05, 0) is 30.3 Å². The molecule has 2 rings (SSSR count). The van der Waals surface area contributed by atoms with E-state index in [4.69, 9.17) is 16.3 Å². The number of ether oxygens (including phenoxy) is 1. The van der Waals surface area contributed by atoms with Crippen molar-refractivity contribution in [2.45, 2.75) is 13.2 Å². The van der Waals surface area contributed by atoms with Gasteiger partial charge in [0.15, 0.2) is 0 Å². The van der Waals surface area contributed by atoms with Crippen LogP contribution >= 0.6 is 27.5 Å². The summed E-state index contributed by atoms with van der Waals surface area (Å²) >= 11 is 9.24. The van der Waals surface area contributed by atoms with Crippen molar-refractivity contribution >= 4 is 27.5 Å². The van der Waals surface area contributed by atoms with E-state index in [1.807, 2.05) is 6.07 Å². The lowest BCUT2D eigenvalue weighted by atomic mass is 10.2. The van der Waals surface area contributed by atoms with Gasteiger partial charge >= 0.3 is 0 Å². The molecule has 0 unspecified atom stereocenters. The molecule has 1 N–H and O–H groups in total. The lowest BCUT2D eigenvalue weighted by molar-refractivity contribution is 0.259. The zero-order valence-electron chi connectivity index (χ0n) is 9.87. The number of aliphatic hydroxyl groups is 1. The summed E-state index contributed by atoms with van der Waals surface area (Å²) in [5.74, 6) is 0.194. The first-order valence-electron chi connectivity index (χ1n) is 5.56. The Kier molecular flexibility index (Phi) is 4.80. The lowest BCUT2D eigenvalue weighted by Gasteiger charge is -2.11. The van der Waals surface area contributed by atoms with Crippen LogP contribution in [0.1, 0.15) is 11.1 Å². The molecule has 0 radical (unpaired) electrons. The molecular weight excluding hydrogens is 335 g/mol. The van der Waals surface area contributed by atoms with Crippen LogP contribution in [0, 0.1) is 5.82 Å². The highest BCUT2D eigenvalue weighted by Gasteiger charge is 2.06. The van der Waals surface area contributed by atoms with Crippen LogP contribution in [0.15, 0.2) is 40.9 Å². The first-order chi connectivity index (χ1) is 9.10. The zero-order chi connectivity index (χ0) is 13.8. The summed E-state index contributed by atoms with van der Waals surface area (Å²) in [6, 6.07) is 9.51. The Balaban J connectivity index is 2.14. The van der Waals surface area contributed by atoms with Gasteiger partial charge in [-0.2, -0.15) is 0 Å². The minimum absolute atomic E-state index is 0.119. The smallest absolute Gasteiger partial charge is 0.125 e. The Hall–Kier alpha value is -1.10. The van der Waals surface area contributed by atoms with E-state index in [-0.39, 0.29) is 19.0 Å². The summed E-state index contributed by atoms with van der Waals surface area (Å²) in [5.41, 5.74) is 1.36. The van der Waals surface area contributed by atoms with Crippen LogP contribution in [-0.2, 0) is 13.2 Å². The topological polar surface area (TPSA) is 29.5 Å². The van der Waals surface area contributed by atoms with Crippen molar-refractivity contribution in [1.29, 1.82) is 0 Å². The highest BCUT2D eigenvalue weighted by Crippen LogP contribution is 2.25. The number of hydrogen-bond acceptors (Lipinski definition) is 2. The maximum atomic E-state index is 12.9. The second kappa shape index (κ2) is 6.37. The lowest BCUT2D eigenvalue weighted by Crippen LogP contribution is -1.99. The Labute approximate surface area is 123 Å². The molecule has 2 nitrogen and oxygen atoms in total. The normalized spacial score (nSPS) is 10.5. The molecule has 0 bridgehead atoms. The predicted octanol–water partition coefficient (Wildman–Crippen LogP) is 4.31. The molecule has 5 heteroatoms. The van der Waals surface area contributed by atoms with Crippen molar-refractivity contribution in [3.8, 4) is 5.75 Å². The Morgan fingerprint density at radius 1 is 1.16 bits per heavy atom. The van der Waals surface area contributed by atoms with E-state index in [1.165, 1.54) is 12.1 Å². The van der Waals surface area contributed by atoms with Crippen LogP contribution in [0.3, 0.4) is 0 Å². The molecule has 2 aromatic rings. The molecule has 0 amide bonds. The molecule has 0 fully saturated rings. The fraction of sp³-hybridized carbons (Fsp3) is 0.143. The van der Waals surface area contributed by atoms with Gasteiger partial charge in [0.05, 0.1) is 11.6 Å². The monoisotopic (exact) mass is 344 g/mol. The Morgan fingerprint density at radius 2 is 1.95 bits per heavy atom. The van der Waals surface area contributed by atoms with Crippen LogP contribution in [0.5, 0.6) is 5.75 Å². The molecule has 2 aromatic carbocycles. The zero-order valence-corrected chi connectivity index (χ0v) is 12.2. The molecule has 0 spiro atoms. The van der Waals surface area contributed by atoms with Crippen LogP contribution in [-0.4, -0.2) is 5.11 Å². The van der Waals surface area contributed by atoms with E-state index in [1.54, 1.807) is 18.2 Å². The Bertz CT molecular complexity index is 590. The number of halogens is 3. The van der Waals surface area contributed by atoms with Crippen molar-refractivity contribution in [3.05, 3.63) is 62.8 Å². The first-order valence-corrected chi connectivity index (χ1v) is 6.73. The molecule has 0 atom stereocenters. The highest BCUT2D eigenvalue weighted by atomic mass is 79.9. The molecule has 0 aliphatic rings. The van der Waals surface area contributed by atoms with Gasteiger partial charge in [-0.1, -0.05) is 33.6 Å². The van der Waals surface area contributed by atoms with Gasteiger partial charge in [-0.25, -0.2) is 4.39 Å². The van der Waals surface area contributed by atoms with E-state index in [2.05, 4.69) is 15.9 Å². The standard InChI is InChI=1S/C14H11BrClFO2/c15-11-2-4-14(10(5-11)7-18)19-8-9-1-3-12(17)6-13(9)16/h1-6,18H,7-8H2. The summed E-state index contributed by atoms with van der Waals surface area (Å²) in [5, 5.41) is 9.58. The second-order valence-electron chi connectivity index (χ2n) is 3.93. The van der Waals surface area contributed by atoms with Crippen LogP contribution in [0.4, 0.5) is 4.39 Å². The van der Waals surface area contributed by atoms with Crippen molar-refractivity contribution < 1.29 is 14.2 Å². The van der Waals surface area contributed by atoms with Crippen LogP contribution < -0.4 is 4.74 Å². The molecule has 0 aromatic heterocycles. The van der Waals surface area contributed by atoms with Gasteiger partial charge in [0.1, 0.15) is 18.2 Å². The maximum Gasteiger partial charge on any atom is 0.125 e. The van der Waals surface area contributed by atoms with Crippen LogP contribution in [0.25, 0.3) is 0 Å². The van der Waals surface area contributed by atoms with E-state index >= 15 is 0 Å². The molecule has 0 heterocycles. The SMILES string of the molecule is OCc1cc(Br)ccc1OCc1ccc(F)cc1Cl. The summed E-state index contributed by atoms with van der Waals surface area (Å²) in [6.45, 7) is 0.0969. The quantitative estimate of drug-likeness (QED) is 0.894.